The van der Waals surface area contributed by atoms with E-state index in [4.69, 9.17) is 9.84 Å². The molecular weight excluding hydrogens is 294 g/mol. The normalized spacial score (nSPS) is 12.6. The number of aliphatic hydroxyl groups is 1. The number of hydrogen-bond donors (Lipinski definition) is 1. The van der Waals surface area contributed by atoms with Crippen molar-refractivity contribution in [2.45, 2.75) is 45.2 Å². The van der Waals surface area contributed by atoms with E-state index in [2.05, 4.69) is 5.10 Å². The van der Waals surface area contributed by atoms with Gasteiger partial charge in [0.05, 0.1) is 31.1 Å². The van der Waals surface area contributed by atoms with Crippen molar-refractivity contribution in [3.8, 4) is 0 Å². The molecule has 0 radical (unpaired) electrons. The van der Waals surface area contributed by atoms with Crippen LogP contribution in [0.5, 0.6) is 0 Å². The fraction of sp³-hybridized carbons (Fsp3) is 0.769. The average molecular weight is 319 g/mol. The minimum atomic E-state index is -3.64. The Morgan fingerprint density at radius 2 is 2.00 bits per heavy atom. The molecule has 1 aromatic rings. The quantitative estimate of drug-likeness (QED) is 0.756. The number of nitrogens with zero attached hydrogens (tertiary/aromatic N) is 3. The number of ether oxygens (including phenoxy) is 1. The van der Waals surface area contributed by atoms with Gasteiger partial charge >= 0.3 is 0 Å². The number of aromatic nitrogens is 2. The summed E-state index contributed by atoms with van der Waals surface area (Å²) in [6, 6.07) is -0.176. The van der Waals surface area contributed by atoms with Crippen LogP contribution >= 0.6 is 0 Å². The van der Waals surface area contributed by atoms with Crippen molar-refractivity contribution < 1.29 is 18.3 Å². The zero-order valence-electron chi connectivity index (χ0n) is 13.3. The highest BCUT2D eigenvalue weighted by atomic mass is 32.2. The van der Waals surface area contributed by atoms with Crippen LogP contribution in [0, 0.1) is 13.8 Å². The molecule has 0 spiro atoms. The Kier molecular flexibility index (Phi) is 6.33. The van der Waals surface area contributed by atoms with Gasteiger partial charge in [-0.2, -0.15) is 9.40 Å². The summed E-state index contributed by atoms with van der Waals surface area (Å²) in [5.74, 6) is 0. The van der Waals surface area contributed by atoms with Crippen LogP contribution in [0.1, 0.15) is 25.2 Å². The molecule has 0 aliphatic heterocycles. The summed E-state index contributed by atoms with van der Waals surface area (Å²) in [4.78, 5) is 0.223. The van der Waals surface area contributed by atoms with Crippen molar-refractivity contribution in [2.24, 2.45) is 0 Å². The van der Waals surface area contributed by atoms with Gasteiger partial charge in [-0.15, -0.1) is 0 Å². The van der Waals surface area contributed by atoms with Gasteiger partial charge in [-0.25, -0.2) is 8.42 Å². The summed E-state index contributed by atoms with van der Waals surface area (Å²) < 4.78 is 33.7. The Morgan fingerprint density at radius 1 is 1.38 bits per heavy atom. The molecule has 1 rings (SSSR count). The second kappa shape index (κ2) is 7.35. The van der Waals surface area contributed by atoms with Gasteiger partial charge in [-0.05, 0) is 27.7 Å². The van der Waals surface area contributed by atoms with Gasteiger partial charge in [0, 0.05) is 19.7 Å². The first-order valence-electron chi connectivity index (χ1n) is 6.93. The van der Waals surface area contributed by atoms with Crippen LogP contribution in [0.4, 0.5) is 0 Å². The van der Waals surface area contributed by atoms with E-state index in [1.807, 2.05) is 13.8 Å². The van der Waals surface area contributed by atoms with E-state index in [0.717, 1.165) is 0 Å². The number of methoxy groups -OCH3 is 1. The number of hydrogen-bond acceptors (Lipinski definition) is 5. The van der Waals surface area contributed by atoms with Crippen molar-refractivity contribution in [1.82, 2.24) is 14.1 Å². The summed E-state index contributed by atoms with van der Waals surface area (Å²) in [6.45, 7) is 7.85. The summed E-state index contributed by atoms with van der Waals surface area (Å²) in [6.07, 6.45) is 0. The largest absolute Gasteiger partial charge is 0.394 e. The van der Waals surface area contributed by atoms with E-state index in [1.165, 1.54) is 8.99 Å². The van der Waals surface area contributed by atoms with Crippen LogP contribution in [-0.2, 0) is 21.3 Å². The van der Waals surface area contributed by atoms with Crippen molar-refractivity contribution in [3.05, 3.63) is 11.4 Å². The first-order valence-corrected chi connectivity index (χ1v) is 8.37. The van der Waals surface area contributed by atoms with Crippen LogP contribution in [0.3, 0.4) is 0 Å². The maximum Gasteiger partial charge on any atom is 0.247 e. The lowest BCUT2D eigenvalue weighted by Crippen LogP contribution is -2.39. The summed E-state index contributed by atoms with van der Waals surface area (Å²) in [5, 5.41) is 13.2. The topological polar surface area (TPSA) is 84.7 Å². The van der Waals surface area contributed by atoms with Gasteiger partial charge in [0.1, 0.15) is 4.90 Å². The van der Waals surface area contributed by atoms with Crippen LogP contribution in [-0.4, -0.2) is 60.5 Å². The molecular formula is C13H25N3O4S. The van der Waals surface area contributed by atoms with Crippen molar-refractivity contribution in [3.63, 3.8) is 0 Å². The van der Waals surface area contributed by atoms with E-state index in [9.17, 15) is 8.42 Å². The number of sulfonamides is 1. The summed E-state index contributed by atoms with van der Waals surface area (Å²) >= 11 is 0. The van der Waals surface area contributed by atoms with E-state index in [0.29, 0.717) is 24.5 Å². The highest BCUT2D eigenvalue weighted by molar-refractivity contribution is 7.89. The maximum absolute atomic E-state index is 12.9. The summed E-state index contributed by atoms with van der Waals surface area (Å²) in [5.41, 5.74) is 0.994. The van der Waals surface area contributed by atoms with Crippen LogP contribution in [0.15, 0.2) is 4.90 Å². The molecule has 8 heteroatoms. The molecule has 0 aliphatic carbocycles. The van der Waals surface area contributed by atoms with Crippen molar-refractivity contribution >= 4 is 10.0 Å². The van der Waals surface area contributed by atoms with Gasteiger partial charge < -0.3 is 9.84 Å². The molecule has 0 bridgehead atoms. The number of rotatable bonds is 8. The zero-order valence-corrected chi connectivity index (χ0v) is 14.1. The number of aliphatic hydroxyl groups excluding tert-OH is 1. The lowest BCUT2D eigenvalue weighted by molar-refractivity contribution is 0.171. The Morgan fingerprint density at radius 3 is 2.48 bits per heavy atom. The Balaban J connectivity index is 3.28. The van der Waals surface area contributed by atoms with Gasteiger partial charge in [0.15, 0.2) is 0 Å². The standard InChI is InChI=1S/C13H25N3O4S/c1-10(2)16(7-9-20-5)21(18,19)13-11(3)14-15(6-8-17)12(13)4/h10,17H,6-9H2,1-5H3. The lowest BCUT2D eigenvalue weighted by Gasteiger charge is -2.25. The number of aryl methyl sites for hydroxylation is 1. The van der Waals surface area contributed by atoms with E-state index in [-0.39, 0.29) is 24.1 Å². The Bertz CT molecular complexity index is 566. The molecule has 0 aromatic carbocycles. The first-order chi connectivity index (χ1) is 9.77. The SMILES string of the molecule is COCCN(C(C)C)S(=O)(=O)c1c(C)nn(CCO)c1C. The second-order valence-corrected chi connectivity index (χ2v) is 6.98. The monoisotopic (exact) mass is 319 g/mol. The van der Waals surface area contributed by atoms with Gasteiger partial charge in [0.2, 0.25) is 10.0 Å². The molecule has 1 heterocycles. The predicted molar refractivity (Wildman–Crippen MR) is 79.7 cm³/mol. The zero-order chi connectivity index (χ0) is 16.2. The molecule has 1 N–H and O–H groups in total. The highest BCUT2D eigenvalue weighted by Crippen LogP contribution is 2.24. The minimum absolute atomic E-state index is 0.0843. The fourth-order valence-electron chi connectivity index (χ4n) is 2.32. The molecule has 0 saturated heterocycles. The van der Waals surface area contributed by atoms with Gasteiger partial charge in [-0.3, -0.25) is 4.68 Å². The molecule has 0 aliphatic rings. The molecule has 0 amide bonds. The molecule has 1 aromatic heterocycles. The van der Waals surface area contributed by atoms with Crippen molar-refractivity contribution in [1.29, 1.82) is 0 Å². The van der Waals surface area contributed by atoms with E-state index in [1.54, 1.807) is 21.0 Å². The summed E-state index contributed by atoms with van der Waals surface area (Å²) in [7, 11) is -2.10. The maximum atomic E-state index is 12.9. The third-order valence-electron chi connectivity index (χ3n) is 3.29. The minimum Gasteiger partial charge on any atom is -0.394 e. The molecule has 0 fully saturated rings. The van der Waals surface area contributed by atoms with Crippen molar-refractivity contribution in [2.75, 3.05) is 26.9 Å². The molecule has 0 unspecified atom stereocenters. The Labute approximate surface area is 126 Å². The van der Waals surface area contributed by atoms with Gasteiger partial charge in [-0.1, -0.05) is 0 Å². The second-order valence-electron chi connectivity index (χ2n) is 5.15. The first kappa shape index (κ1) is 18.1. The average Bonchev–Trinajstić information content (AvgIpc) is 2.65. The van der Waals surface area contributed by atoms with E-state index < -0.39 is 10.0 Å². The molecule has 0 atom stereocenters. The Hall–Kier alpha value is -0.960. The predicted octanol–water partition coefficient (Wildman–Crippen LogP) is 0.538. The molecule has 0 saturated carbocycles. The van der Waals surface area contributed by atoms with Crippen LogP contribution < -0.4 is 0 Å². The fourth-order valence-corrected chi connectivity index (χ4v) is 4.32. The smallest absolute Gasteiger partial charge is 0.247 e. The van der Waals surface area contributed by atoms with Crippen LogP contribution in [0.2, 0.25) is 0 Å². The third kappa shape index (κ3) is 3.82. The third-order valence-corrected chi connectivity index (χ3v) is 5.61. The van der Waals surface area contributed by atoms with Gasteiger partial charge in [0.25, 0.3) is 0 Å². The van der Waals surface area contributed by atoms with Crippen LogP contribution in [0.25, 0.3) is 0 Å². The molecule has 7 nitrogen and oxygen atoms in total. The molecule has 122 valence electrons. The lowest BCUT2D eigenvalue weighted by atomic mass is 10.4. The van der Waals surface area contributed by atoms with E-state index >= 15 is 0 Å². The molecule has 21 heavy (non-hydrogen) atoms. The highest BCUT2D eigenvalue weighted by Gasteiger charge is 2.32.